The van der Waals surface area contributed by atoms with Gasteiger partial charge in [-0.25, -0.2) is 0 Å². The summed E-state index contributed by atoms with van der Waals surface area (Å²) in [6, 6.07) is 0. The predicted octanol–water partition coefficient (Wildman–Crippen LogP) is 1.03. The van der Waals surface area contributed by atoms with E-state index in [4.69, 9.17) is 0 Å². The fourth-order valence-corrected chi connectivity index (χ4v) is 0.572. The topological polar surface area (TPSA) is 24.4 Å². The van der Waals surface area contributed by atoms with Gasteiger partial charge in [0.15, 0.2) is 0 Å². The number of nitrogens with zero attached hydrogens (tertiary/aromatic N) is 1. The van der Waals surface area contributed by atoms with Crippen LogP contribution in [0.2, 0.25) is 0 Å². The number of rotatable bonds is 3. The maximum absolute atomic E-state index is 4.08. The molecule has 48 valence electrons. The van der Waals surface area contributed by atoms with Gasteiger partial charge in [0.2, 0.25) is 0 Å². The highest BCUT2D eigenvalue weighted by Gasteiger charge is 1.88. The molecule has 0 radical (unpaired) electrons. The molecule has 0 aliphatic rings. The lowest BCUT2D eigenvalue weighted by Gasteiger charge is -2.03. The normalized spacial score (nSPS) is 14.9. The van der Waals surface area contributed by atoms with Gasteiger partial charge in [-0.2, -0.15) is 0 Å². The average molecular weight is 114 g/mol. The summed E-state index contributed by atoms with van der Waals surface area (Å²) in [6.45, 7) is 7.01. The Morgan fingerprint density at radius 3 is 2.75 bits per heavy atom. The zero-order valence-electron chi connectivity index (χ0n) is 5.81. The summed E-state index contributed by atoms with van der Waals surface area (Å²) in [5.41, 5.74) is 0. The molecule has 0 aliphatic heterocycles. The van der Waals surface area contributed by atoms with Gasteiger partial charge >= 0.3 is 0 Å². The molecule has 0 amide bonds. The maximum atomic E-state index is 4.08. The first-order chi connectivity index (χ1) is 3.81. The quantitative estimate of drug-likeness (QED) is 0.544. The fraction of sp³-hybridized carbons (Fsp3) is 0.833. The molecule has 2 heteroatoms. The van der Waals surface area contributed by atoms with E-state index in [1.807, 2.05) is 20.1 Å². The van der Waals surface area contributed by atoms with Crippen LogP contribution in [-0.4, -0.2) is 18.9 Å². The van der Waals surface area contributed by atoms with Gasteiger partial charge in [0.25, 0.3) is 0 Å². The first kappa shape index (κ1) is 7.63. The van der Waals surface area contributed by atoms with Crippen molar-refractivity contribution >= 4 is 6.21 Å². The van der Waals surface area contributed by atoms with Crippen molar-refractivity contribution in [1.29, 1.82) is 0 Å². The lowest BCUT2D eigenvalue weighted by Crippen LogP contribution is -2.23. The van der Waals surface area contributed by atoms with Crippen LogP contribution < -0.4 is 5.32 Å². The Bertz CT molecular complexity index is 68.9. The van der Waals surface area contributed by atoms with Crippen molar-refractivity contribution in [2.45, 2.75) is 26.9 Å². The molecule has 1 unspecified atom stereocenters. The lowest BCUT2D eigenvalue weighted by atomic mass is 10.5. The minimum absolute atomic E-state index is 0.282. The molecule has 0 aromatic rings. The van der Waals surface area contributed by atoms with Gasteiger partial charge < -0.3 is 0 Å². The number of nitrogens with one attached hydrogen (secondary N) is 1. The van der Waals surface area contributed by atoms with Gasteiger partial charge in [-0.3, -0.25) is 10.3 Å². The lowest BCUT2D eigenvalue weighted by molar-refractivity contribution is 0.593. The zero-order chi connectivity index (χ0) is 6.41. The Morgan fingerprint density at radius 1 is 1.75 bits per heavy atom. The summed E-state index contributed by atoms with van der Waals surface area (Å²) in [6.07, 6.45) is 2.10. The highest BCUT2D eigenvalue weighted by Crippen LogP contribution is 1.78. The van der Waals surface area contributed by atoms with E-state index in [0.29, 0.717) is 0 Å². The van der Waals surface area contributed by atoms with Crippen molar-refractivity contribution in [1.82, 2.24) is 5.32 Å². The van der Waals surface area contributed by atoms with Crippen LogP contribution in [0.25, 0.3) is 0 Å². The third-order valence-electron chi connectivity index (χ3n) is 0.872. The molecule has 0 aliphatic carbocycles. The summed E-state index contributed by atoms with van der Waals surface area (Å²) in [5, 5.41) is 3.15. The Morgan fingerprint density at radius 2 is 2.38 bits per heavy atom. The molecule has 0 fully saturated rings. The van der Waals surface area contributed by atoms with Gasteiger partial charge in [-0.1, -0.05) is 6.92 Å². The minimum Gasteiger partial charge on any atom is -0.296 e. The molecule has 1 atom stereocenters. The van der Waals surface area contributed by atoms with E-state index in [1.54, 1.807) is 0 Å². The molecular formula is C6H14N2. The highest BCUT2D eigenvalue weighted by molar-refractivity contribution is 5.53. The molecule has 1 N–H and O–H groups in total. The van der Waals surface area contributed by atoms with Crippen molar-refractivity contribution in [2.24, 2.45) is 4.99 Å². The van der Waals surface area contributed by atoms with E-state index in [0.717, 1.165) is 6.54 Å². The van der Waals surface area contributed by atoms with E-state index >= 15 is 0 Å². The highest BCUT2D eigenvalue weighted by atomic mass is 15.0. The van der Waals surface area contributed by atoms with Gasteiger partial charge in [-0.05, 0) is 26.6 Å². The van der Waals surface area contributed by atoms with E-state index in [1.165, 1.54) is 0 Å². The van der Waals surface area contributed by atoms with Gasteiger partial charge in [0, 0.05) is 0 Å². The molecule has 8 heavy (non-hydrogen) atoms. The number of aliphatic imine (C=N–C) groups is 1. The smallest absolute Gasteiger partial charge is 0.0961 e. The first-order valence-corrected chi connectivity index (χ1v) is 3.02. The van der Waals surface area contributed by atoms with Crippen molar-refractivity contribution in [3.05, 3.63) is 0 Å². The molecule has 0 heterocycles. The van der Waals surface area contributed by atoms with E-state index in [9.17, 15) is 0 Å². The Labute approximate surface area is 51.0 Å². The Hall–Kier alpha value is -0.370. The molecule has 0 aromatic carbocycles. The summed E-state index contributed by atoms with van der Waals surface area (Å²) in [4.78, 5) is 4.08. The second kappa shape index (κ2) is 4.78. The SMILES string of the molecule is C/C=N\C(C)NCC. The largest absolute Gasteiger partial charge is 0.296 e. The summed E-state index contributed by atoms with van der Waals surface area (Å²) >= 11 is 0. The van der Waals surface area contributed by atoms with Crippen LogP contribution in [0.4, 0.5) is 0 Å². The molecule has 0 saturated heterocycles. The van der Waals surface area contributed by atoms with E-state index in [2.05, 4.69) is 17.2 Å². The third-order valence-corrected chi connectivity index (χ3v) is 0.872. The van der Waals surface area contributed by atoms with Crippen LogP contribution in [0.15, 0.2) is 4.99 Å². The van der Waals surface area contributed by atoms with Crippen LogP contribution in [0.3, 0.4) is 0 Å². The van der Waals surface area contributed by atoms with Crippen molar-refractivity contribution in [3.63, 3.8) is 0 Å². The maximum Gasteiger partial charge on any atom is 0.0961 e. The minimum atomic E-state index is 0.282. The Kier molecular flexibility index (Phi) is 4.56. The monoisotopic (exact) mass is 114 g/mol. The third kappa shape index (κ3) is 3.81. The molecule has 0 spiro atoms. The summed E-state index contributed by atoms with van der Waals surface area (Å²) in [5.74, 6) is 0. The predicted molar refractivity (Wildman–Crippen MR) is 37.3 cm³/mol. The van der Waals surface area contributed by atoms with Crippen LogP contribution in [-0.2, 0) is 0 Å². The van der Waals surface area contributed by atoms with Crippen molar-refractivity contribution in [2.75, 3.05) is 6.54 Å². The van der Waals surface area contributed by atoms with E-state index in [-0.39, 0.29) is 6.17 Å². The van der Waals surface area contributed by atoms with Crippen LogP contribution in [0, 0.1) is 0 Å². The molecule has 0 saturated carbocycles. The first-order valence-electron chi connectivity index (χ1n) is 3.02. The van der Waals surface area contributed by atoms with E-state index < -0.39 is 0 Å². The standard InChI is InChI=1S/C6H14N2/c1-4-7-6(3)8-5-2/h4,6,8H,5H2,1-3H3/b7-4-. The average Bonchev–Trinajstić information content (AvgIpc) is 1.68. The summed E-state index contributed by atoms with van der Waals surface area (Å²) < 4.78 is 0. The molecular weight excluding hydrogens is 100 g/mol. The molecule has 0 bridgehead atoms. The van der Waals surface area contributed by atoms with Crippen molar-refractivity contribution in [3.8, 4) is 0 Å². The summed E-state index contributed by atoms with van der Waals surface area (Å²) in [7, 11) is 0. The second-order valence-corrected chi connectivity index (χ2v) is 1.64. The van der Waals surface area contributed by atoms with Crippen molar-refractivity contribution < 1.29 is 0 Å². The fourth-order valence-electron chi connectivity index (χ4n) is 0.572. The molecule has 0 aromatic heterocycles. The van der Waals surface area contributed by atoms with Crippen LogP contribution in [0.5, 0.6) is 0 Å². The van der Waals surface area contributed by atoms with Crippen LogP contribution in [0.1, 0.15) is 20.8 Å². The zero-order valence-corrected chi connectivity index (χ0v) is 5.81. The van der Waals surface area contributed by atoms with Crippen LogP contribution >= 0.6 is 0 Å². The van der Waals surface area contributed by atoms with Gasteiger partial charge in [0.05, 0.1) is 6.17 Å². The van der Waals surface area contributed by atoms with Gasteiger partial charge in [0.1, 0.15) is 0 Å². The molecule has 2 nitrogen and oxygen atoms in total. The van der Waals surface area contributed by atoms with Gasteiger partial charge in [-0.15, -0.1) is 0 Å². The Balaban J connectivity index is 3.17. The number of hydrogen-bond acceptors (Lipinski definition) is 2. The second-order valence-electron chi connectivity index (χ2n) is 1.64. The molecule has 0 rings (SSSR count). The number of hydrogen-bond donors (Lipinski definition) is 1.